The van der Waals surface area contributed by atoms with Crippen molar-refractivity contribution in [3.05, 3.63) is 58.6 Å². The third kappa shape index (κ3) is 5.83. The van der Waals surface area contributed by atoms with Crippen LogP contribution in [0.15, 0.2) is 42.5 Å². The van der Waals surface area contributed by atoms with E-state index in [-0.39, 0.29) is 17.9 Å². The van der Waals surface area contributed by atoms with Crippen molar-refractivity contribution in [3.63, 3.8) is 0 Å². The summed E-state index contributed by atoms with van der Waals surface area (Å²) in [6.07, 6.45) is 3.88. The second-order valence-corrected chi connectivity index (χ2v) is 9.63. The summed E-state index contributed by atoms with van der Waals surface area (Å²) < 4.78 is 5.31. The molecule has 0 aliphatic carbocycles. The quantitative estimate of drug-likeness (QED) is 0.611. The Hall–Kier alpha value is -2.77. The molecule has 0 saturated carbocycles. The molecule has 2 heterocycles. The first-order chi connectivity index (χ1) is 16.4. The van der Waals surface area contributed by atoms with Crippen LogP contribution in [0.2, 0.25) is 5.02 Å². The number of nitrogens with zero attached hydrogens (tertiary/aromatic N) is 2. The van der Waals surface area contributed by atoms with Crippen molar-refractivity contribution in [1.82, 2.24) is 15.1 Å². The number of nitrogens with two attached hydrogens (primary N) is 1. The van der Waals surface area contributed by atoms with E-state index in [0.717, 1.165) is 64.0 Å². The largest absolute Gasteiger partial charge is 0.496 e. The molecule has 3 N–H and O–H groups in total. The van der Waals surface area contributed by atoms with Gasteiger partial charge in [0.15, 0.2) is 0 Å². The zero-order valence-electron chi connectivity index (χ0n) is 19.6. The number of anilines is 1. The second-order valence-electron chi connectivity index (χ2n) is 9.22. The highest BCUT2D eigenvalue weighted by Gasteiger charge is 2.28. The molecule has 2 aliphatic heterocycles. The van der Waals surface area contributed by atoms with Gasteiger partial charge in [-0.05, 0) is 49.8 Å². The number of likely N-dealkylation sites (tertiary alicyclic amines) is 2. The first kappa shape index (κ1) is 24.4. The summed E-state index contributed by atoms with van der Waals surface area (Å²) in [6.45, 7) is 4.59. The molecule has 2 aromatic carbocycles. The molecule has 2 aromatic rings. The number of piperidine rings is 2. The molecule has 2 amide bonds. The van der Waals surface area contributed by atoms with Gasteiger partial charge in [0.25, 0.3) is 11.8 Å². The molecular weight excluding hydrogens is 452 g/mol. The molecule has 34 heavy (non-hydrogen) atoms. The average Bonchev–Trinajstić information content (AvgIpc) is 2.87. The van der Waals surface area contributed by atoms with E-state index in [2.05, 4.69) is 10.2 Å². The first-order valence-electron chi connectivity index (χ1n) is 11.9. The van der Waals surface area contributed by atoms with Gasteiger partial charge in [0.05, 0.1) is 23.4 Å². The van der Waals surface area contributed by atoms with E-state index in [0.29, 0.717) is 27.9 Å². The number of amides is 2. The normalized spacial score (nSPS) is 18.0. The predicted molar refractivity (Wildman–Crippen MR) is 134 cm³/mol. The number of nitrogen functional groups attached to an aromatic ring is 1. The molecule has 0 atom stereocenters. The van der Waals surface area contributed by atoms with Crippen LogP contribution in [-0.4, -0.2) is 67.5 Å². The maximum Gasteiger partial charge on any atom is 0.255 e. The number of methoxy groups -OCH3 is 1. The number of carbonyl (C=O) groups is 2. The molecular formula is C26H33ClN4O3. The van der Waals surface area contributed by atoms with Crippen molar-refractivity contribution in [3.8, 4) is 5.75 Å². The van der Waals surface area contributed by atoms with E-state index in [1.807, 2.05) is 35.2 Å². The second kappa shape index (κ2) is 11.1. The number of ether oxygens (including phenoxy) is 1. The fraction of sp³-hybridized carbons (Fsp3) is 0.462. The maximum absolute atomic E-state index is 12.8. The molecule has 0 aromatic heterocycles. The Labute approximate surface area is 206 Å². The van der Waals surface area contributed by atoms with Crippen LogP contribution < -0.4 is 15.8 Å². The van der Waals surface area contributed by atoms with Gasteiger partial charge in [-0.2, -0.15) is 0 Å². The van der Waals surface area contributed by atoms with Crippen LogP contribution in [0.1, 0.15) is 46.4 Å². The van der Waals surface area contributed by atoms with Crippen LogP contribution in [0.25, 0.3) is 0 Å². The third-order valence-corrected chi connectivity index (χ3v) is 7.25. The number of benzene rings is 2. The van der Waals surface area contributed by atoms with E-state index in [9.17, 15) is 9.59 Å². The Morgan fingerprint density at radius 1 is 1.06 bits per heavy atom. The molecule has 0 radical (unpaired) electrons. The molecule has 4 rings (SSSR count). The molecule has 2 aliphatic rings. The van der Waals surface area contributed by atoms with E-state index >= 15 is 0 Å². The monoisotopic (exact) mass is 484 g/mol. The summed E-state index contributed by atoms with van der Waals surface area (Å²) in [5.41, 5.74) is 7.38. The van der Waals surface area contributed by atoms with E-state index in [1.54, 1.807) is 12.1 Å². The van der Waals surface area contributed by atoms with Gasteiger partial charge in [-0.1, -0.05) is 29.8 Å². The smallest absolute Gasteiger partial charge is 0.255 e. The molecule has 0 bridgehead atoms. The van der Waals surface area contributed by atoms with Crippen molar-refractivity contribution in [2.24, 2.45) is 5.92 Å². The Morgan fingerprint density at radius 3 is 2.38 bits per heavy atom. The summed E-state index contributed by atoms with van der Waals surface area (Å²) >= 11 is 6.11. The van der Waals surface area contributed by atoms with E-state index in [4.69, 9.17) is 22.1 Å². The molecule has 182 valence electrons. The Morgan fingerprint density at radius 2 is 1.74 bits per heavy atom. The molecule has 8 heteroatoms. The minimum atomic E-state index is -0.187. The number of hydrogen-bond donors (Lipinski definition) is 2. The highest BCUT2D eigenvalue weighted by Crippen LogP contribution is 2.29. The lowest BCUT2D eigenvalue weighted by Crippen LogP contribution is -2.47. The van der Waals surface area contributed by atoms with Gasteiger partial charge in [0.2, 0.25) is 0 Å². The van der Waals surface area contributed by atoms with Gasteiger partial charge in [0.1, 0.15) is 5.75 Å². The summed E-state index contributed by atoms with van der Waals surface area (Å²) in [7, 11) is 1.51. The summed E-state index contributed by atoms with van der Waals surface area (Å²) in [5, 5.41) is 3.47. The van der Waals surface area contributed by atoms with Gasteiger partial charge in [-0.15, -0.1) is 0 Å². The average molecular weight is 485 g/mol. The lowest BCUT2D eigenvalue weighted by Gasteiger charge is -2.38. The third-order valence-electron chi connectivity index (χ3n) is 6.93. The van der Waals surface area contributed by atoms with Gasteiger partial charge < -0.3 is 25.6 Å². The summed E-state index contributed by atoms with van der Waals surface area (Å²) in [5.74, 6) is 0.975. The van der Waals surface area contributed by atoms with Crippen molar-refractivity contribution in [1.29, 1.82) is 0 Å². The minimum absolute atomic E-state index is 0.120. The number of carbonyl (C=O) groups excluding carboxylic acids is 2. The minimum Gasteiger partial charge on any atom is -0.496 e. The Bertz CT molecular complexity index is 1000. The zero-order chi connectivity index (χ0) is 24.1. The zero-order valence-corrected chi connectivity index (χ0v) is 20.4. The highest BCUT2D eigenvalue weighted by atomic mass is 35.5. The van der Waals surface area contributed by atoms with Crippen molar-refractivity contribution >= 4 is 29.1 Å². The molecule has 0 unspecified atom stereocenters. The Balaban J connectivity index is 1.21. The van der Waals surface area contributed by atoms with E-state index < -0.39 is 0 Å². The lowest BCUT2D eigenvalue weighted by atomic mass is 9.94. The SMILES string of the molecule is COc1cc(N)c(Cl)cc1C(=O)NC1CCN(CC2CCN(C(=O)c3ccccc3)CC2)CC1. The molecule has 2 saturated heterocycles. The van der Waals surface area contributed by atoms with Gasteiger partial charge in [0, 0.05) is 50.4 Å². The van der Waals surface area contributed by atoms with Gasteiger partial charge in [-0.3, -0.25) is 9.59 Å². The van der Waals surface area contributed by atoms with Crippen LogP contribution in [-0.2, 0) is 0 Å². The fourth-order valence-electron chi connectivity index (χ4n) is 4.89. The van der Waals surface area contributed by atoms with Gasteiger partial charge in [-0.25, -0.2) is 0 Å². The predicted octanol–water partition coefficient (Wildman–Crippen LogP) is 3.68. The van der Waals surface area contributed by atoms with Crippen LogP contribution in [0, 0.1) is 5.92 Å². The molecule has 0 spiro atoms. The Kier molecular flexibility index (Phi) is 7.95. The van der Waals surface area contributed by atoms with E-state index in [1.165, 1.54) is 7.11 Å². The lowest BCUT2D eigenvalue weighted by molar-refractivity contribution is 0.0651. The van der Waals surface area contributed by atoms with Gasteiger partial charge >= 0.3 is 0 Å². The summed E-state index contributed by atoms with van der Waals surface area (Å²) in [6, 6.07) is 12.8. The van der Waals surface area contributed by atoms with Crippen molar-refractivity contribution in [2.75, 3.05) is 45.6 Å². The van der Waals surface area contributed by atoms with Crippen LogP contribution >= 0.6 is 11.6 Å². The fourth-order valence-corrected chi connectivity index (χ4v) is 5.05. The number of nitrogens with one attached hydrogen (secondary N) is 1. The molecule has 2 fully saturated rings. The van der Waals surface area contributed by atoms with Crippen molar-refractivity contribution < 1.29 is 14.3 Å². The van der Waals surface area contributed by atoms with Crippen LogP contribution in [0.4, 0.5) is 5.69 Å². The van der Waals surface area contributed by atoms with Crippen LogP contribution in [0.5, 0.6) is 5.75 Å². The van der Waals surface area contributed by atoms with Crippen molar-refractivity contribution in [2.45, 2.75) is 31.7 Å². The summed E-state index contributed by atoms with van der Waals surface area (Å²) in [4.78, 5) is 29.9. The number of halogens is 1. The number of hydrogen-bond acceptors (Lipinski definition) is 5. The topological polar surface area (TPSA) is 87.9 Å². The highest BCUT2D eigenvalue weighted by molar-refractivity contribution is 6.33. The number of rotatable bonds is 6. The standard InChI is InChI=1S/C26H33ClN4O3/c1-34-24-16-23(28)22(27)15-21(24)25(32)29-20-9-11-30(12-10-20)17-18-7-13-31(14-8-18)26(33)19-5-3-2-4-6-19/h2-6,15-16,18,20H,7-14,17,28H2,1H3,(H,29,32). The maximum atomic E-state index is 12.8. The molecule has 7 nitrogen and oxygen atoms in total. The van der Waals surface area contributed by atoms with Crippen LogP contribution in [0.3, 0.4) is 0 Å². The first-order valence-corrected chi connectivity index (χ1v) is 12.3.